The minimum atomic E-state index is 0.265. The quantitative estimate of drug-likeness (QED) is 0.758. The van der Waals surface area contributed by atoms with Gasteiger partial charge in [-0.05, 0) is 63.2 Å². The van der Waals surface area contributed by atoms with Gasteiger partial charge in [0.15, 0.2) is 0 Å². The number of benzene rings is 2. The molecule has 0 saturated carbocycles. The minimum absolute atomic E-state index is 0.265. The number of piperazine rings is 1. The molecule has 0 aromatic heterocycles. The standard InChI is InChI=1S/C27H35N3O/c1-28-16-13-26(14-17-28)30-19-18-29(22-27(30)15-20-31)21-25-10-6-5-9-24(25)12-11-23-7-3-2-4-8-23/h2-10,26-27,31H,13-22H2,1H3. The second kappa shape index (κ2) is 10.9. The predicted molar refractivity (Wildman–Crippen MR) is 127 cm³/mol. The zero-order valence-electron chi connectivity index (χ0n) is 18.7. The molecule has 2 aliphatic rings. The van der Waals surface area contributed by atoms with E-state index in [9.17, 15) is 5.11 Å². The maximum absolute atomic E-state index is 9.70. The summed E-state index contributed by atoms with van der Waals surface area (Å²) in [4.78, 5) is 7.68. The fourth-order valence-corrected chi connectivity index (χ4v) is 4.97. The third-order valence-corrected chi connectivity index (χ3v) is 6.76. The van der Waals surface area contributed by atoms with Crippen molar-refractivity contribution in [3.05, 3.63) is 71.3 Å². The van der Waals surface area contributed by atoms with E-state index in [0.29, 0.717) is 12.1 Å². The van der Waals surface area contributed by atoms with Crippen LogP contribution in [-0.2, 0) is 6.54 Å². The molecule has 4 rings (SSSR count). The van der Waals surface area contributed by atoms with Crippen LogP contribution in [0.25, 0.3) is 0 Å². The van der Waals surface area contributed by atoms with E-state index in [2.05, 4.69) is 70.0 Å². The molecule has 1 unspecified atom stereocenters. The average Bonchev–Trinajstić information content (AvgIpc) is 2.80. The van der Waals surface area contributed by atoms with Crippen LogP contribution in [0.2, 0.25) is 0 Å². The van der Waals surface area contributed by atoms with Crippen molar-refractivity contribution in [3.63, 3.8) is 0 Å². The Labute approximate surface area is 187 Å². The van der Waals surface area contributed by atoms with Crippen molar-refractivity contribution in [2.45, 2.75) is 37.9 Å². The number of likely N-dealkylation sites (tertiary alicyclic amines) is 1. The summed E-state index contributed by atoms with van der Waals surface area (Å²) in [6.45, 7) is 6.75. The largest absolute Gasteiger partial charge is 0.396 e. The van der Waals surface area contributed by atoms with Crippen LogP contribution in [0.5, 0.6) is 0 Å². The maximum atomic E-state index is 9.70. The number of rotatable bonds is 5. The van der Waals surface area contributed by atoms with Crippen molar-refractivity contribution in [3.8, 4) is 11.8 Å². The van der Waals surface area contributed by atoms with E-state index in [-0.39, 0.29) is 6.61 Å². The highest BCUT2D eigenvalue weighted by atomic mass is 16.3. The molecule has 164 valence electrons. The molecule has 2 fully saturated rings. The van der Waals surface area contributed by atoms with Crippen LogP contribution >= 0.6 is 0 Å². The van der Waals surface area contributed by atoms with Gasteiger partial charge >= 0.3 is 0 Å². The van der Waals surface area contributed by atoms with Gasteiger partial charge in [0.2, 0.25) is 0 Å². The normalized spacial score (nSPS) is 21.5. The highest BCUT2D eigenvalue weighted by Gasteiger charge is 2.33. The Hall–Kier alpha value is -2.16. The number of nitrogens with zero attached hydrogens (tertiary/aromatic N) is 3. The smallest absolute Gasteiger partial charge is 0.0446 e. The van der Waals surface area contributed by atoms with Crippen LogP contribution in [0.3, 0.4) is 0 Å². The molecule has 4 nitrogen and oxygen atoms in total. The summed E-state index contributed by atoms with van der Waals surface area (Å²) in [5, 5.41) is 9.70. The van der Waals surface area contributed by atoms with Crippen molar-refractivity contribution < 1.29 is 5.11 Å². The second-order valence-electron chi connectivity index (χ2n) is 8.95. The molecule has 1 N–H and O–H groups in total. The van der Waals surface area contributed by atoms with Gasteiger partial charge in [-0.3, -0.25) is 9.80 Å². The van der Waals surface area contributed by atoms with Gasteiger partial charge in [-0.2, -0.15) is 0 Å². The van der Waals surface area contributed by atoms with Gasteiger partial charge in [0, 0.05) is 56.0 Å². The Kier molecular flexibility index (Phi) is 7.77. The lowest BCUT2D eigenvalue weighted by Gasteiger charge is -2.47. The van der Waals surface area contributed by atoms with Crippen LogP contribution in [0.1, 0.15) is 36.0 Å². The van der Waals surface area contributed by atoms with Gasteiger partial charge in [-0.1, -0.05) is 48.2 Å². The molecular formula is C27H35N3O. The summed E-state index contributed by atoms with van der Waals surface area (Å²) in [5.41, 5.74) is 3.45. The molecule has 0 amide bonds. The summed E-state index contributed by atoms with van der Waals surface area (Å²) < 4.78 is 0. The van der Waals surface area contributed by atoms with Crippen LogP contribution in [0, 0.1) is 11.8 Å². The zero-order chi connectivity index (χ0) is 21.5. The lowest BCUT2D eigenvalue weighted by Crippen LogP contribution is -2.58. The Morgan fingerprint density at radius 1 is 0.903 bits per heavy atom. The Morgan fingerprint density at radius 3 is 2.42 bits per heavy atom. The Bertz CT molecular complexity index is 880. The Morgan fingerprint density at radius 2 is 1.65 bits per heavy atom. The zero-order valence-corrected chi connectivity index (χ0v) is 18.7. The van der Waals surface area contributed by atoms with E-state index < -0.39 is 0 Å². The minimum Gasteiger partial charge on any atom is -0.396 e. The van der Waals surface area contributed by atoms with Gasteiger partial charge < -0.3 is 10.0 Å². The number of piperidine rings is 1. The maximum Gasteiger partial charge on any atom is 0.0446 e. The van der Waals surface area contributed by atoms with E-state index in [0.717, 1.165) is 43.7 Å². The number of aliphatic hydroxyl groups excluding tert-OH is 1. The van der Waals surface area contributed by atoms with Gasteiger partial charge in [-0.15, -0.1) is 0 Å². The first-order chi connectivity index (χ1) is 15.2. The van der Waals surface area contributed by atoms with Gasteiger partial charge in [-0.25, -0.2) is 0 Å². The SMILES string of the molecule is CN1CCC(N2CCN(Cc3ccccc3C#Cc3ccccc3)CC2CCO)CC1. The van der Waals surface area contributed by atoms with Crippen LogP contribution in [-0.4, -0.2) is 78.3 Å². The lowest BCUT2D eigenvalue weighted by atomic mass is 9.98. The van der Waals surface area contributed by atoms with Crippen molar-refractivity contribution in [2.24, 2.45) is 0 Å². The monoisotopic (exact) mass is 417 g/mol. The van der Waals surface area contributed by atoms with Crippen molar-refractivity contribution in [1.29, 1.82) is 0 Å². The predicted octanol–water partition coefficient (Wildman–Crippen LogP) is 3.05. The third kappa shape index (κ3) is 5.96. The molecule has 2 aromatic carbocycles. The molecule has 0 bridgehead atoms. The average molecular weight is 418 g/mol. The van der Waals surface area contributed by atoms with Crippen LogP contribution in [0.4, 0.5) is 0 Å². The van der Waals surface area contributed by atoms with Crippen molar-refractivity contribution >= 4 is 0 Å². The first-order valence-electron chi connectivity index (χ1n) is 11.7. The fraction of sp³-hybridized carbons (Fsp3) is 0.481. The molecule has 4 heteroatoms. The molecular weight excluding hydrogens is 382 g/mol. The first kappa shape index (κ1) is 22.0. The highest BCUT2D eigenvalue weighted by molar-refractivity contribution is 5.46. The van der Waals surface area contributed by atoms with E-state index in [1.165, 1.54) is 31.5 Å². The van der Waals surface area contributed by atoms with Crippen molar-refractivity contribution in [1.82, 2.24) is 14.7 Å². The van der Waals surface area contributed by atoms with Crippen LogP contribution in [0.15, 0.2) is 54.6 Å². The molecule has 31 heavy (non-hydrogen) atoms. The molecule has 2 aliphatic heterocycles. The number of aliphatic hydroxyl groups is 1. The summed E-state index contributed by atoms with van der Waals surface area (Å²) in [6.07, 6.45) is 3.35. The summed E-state index contributed by atoms with van der Waals surface area (Å²) >= 11 is 0. The summed E-state index contributed by atoms with van der Waals surface area (Å²) in [7, 11) is 2.22. The molecule has 2 aromatic rings. The topological polar surface area (TPSA) is 30.0 Å². The van der Waals surface area contributed by atoms with Crippen LogP contribution < -0.4 is 0 Å². The van der Waals surface area contributed by atoms with E-state index in [4.69, 9.17) is 0 Å². The summed E-state index contributed by atoms with van der Waals surface area (Å²) in [5.74, 6) is 6.70. The van der Waals surface area contributed by atoms with Gasteiger partial charge in [0.05, 0.1) is 0 Å². The molecule has 2 heterocycles. The highest BCUT2D eigenvalue weighted by Crippen LogP contribution is 2.24. The van der Waals surface area contributed by atoms with Gasteiger partial charge in [0.25, 0.3) is 0 Å². The lowest BCUT2D eigenvalue weighted by molar-refractivity contribution is 0.00598. The molecule has 0 aliphatic carbocycles. The third-order valence-electron chi connectivity index (χ3n) is 6.76. The van der Waals surface area contributed by atoms with E-state index in [1.807, 2.05) is 18.2 Å². The Balaban J connectivity index is 1.43. The fourth-order valence-electron chi connectivity index (χ4n) is 4.97. The molecule has 2 saturated heterocycles. The summed E-state index contributed by atoms with van der Waals surface area (Å²) in [6, 6.07) is 19.8. The van der Waals surface area contributed by atoms with Crippen molar-refractivity contribution in [2.75, 3.05) is 46.4 Å². The van der Waals surface area contributed by atoms with Gasteiger partial charge in [0.1, 0.15) is 0 Å². The van der Waals surface area contributed by atoms with E-state index in [1.54, 1.807) is 0 Å². The number of hydrogen-bond acceptors (Lipinski definition) is 4. The molecule has 0 spiro atoms. The molecule has 0 radical (unpaired) electrons. The van der Waals surface area contributed by atoms with E-state index >= 15 is 0 Å². The first-order valence-corrected chi connectivity index (χ1v) is 11.7. The molecule has 1 atom stereocenters. The second-order valence-corrected chi connectivity index (χ2v) is 8.95. The number of hydrogen-bond donors (Lipinski definition) is 1.